The van der Waals surface area contributed by atoms with Gasteiger partial charge >= 0.3 is 0 Å². The average molecular weight is 267 g/mol. The summed E-state index contributed by atoms with van der Waals surface area (Å²) in [6.07, 6.45) is 11.9. The van der Waals surface area contributed by atoms with Crippen LogP contribution in [0.4, 0.5) is 0 Å². The smallest absolute Gasteiger partial charge is 0.0499 e. The van der Waals surface area contributed by atoms with Gasteiger partial charge in [0.25, 0.3) is 0 Å². The first kappa shape index (κ1) is 15.3. The molecule has 0 spiro atoms. The summed E-state index contributed by atoms with van der Waals surface area (Å²) < 4.78 is 0. The van der Waals surface area contributed by atoms with Crippen molar-refractivity contribution in [1.82, 2.24) is 4.90 Å². The van der Waals surface area contributed by atoms with Crippen LogP contribution in [0.25, 0.3) is 0 Å². The Labute approximate surface area is 119 Å². The Morgan fingerprint density at radius 3 is 2.00 bits per heavy atom. The normalized spacial score (nSPS) is 27.3. The quantitative estimate of drug-likeness (QED) is 0.765. The van der Waals surface area contributed by atoms with Crippen molar-refractivity contribution in [3.8, 4) is 0 Å². The van der Waals surface area contributed by atoms with E-state index in [2.05, 4.69) is 18.7 Å². The van der Waals surface area contributed by atoms with Gasteiger partial charge < -0.3 is 10.0 Å². The first-order valence-corrected chi connectivity index (χ1v) is 8.51. The van der Waals surface area contributed by atoms with Crippen molar-refractivity contribution in [2.24, 2.45) is 10.8 Å². The molecule has 1 saturated heterocycles. The van der Waals surface area contributed by atoms with Gasteiger partial charge in [0.05, 0.1) is 0 Å². The average Bonchev–Trinajstić information content (AvgIpc) is 2.71. The third-order valence-corrected chi connectivity index (χ3v) is 6.08. The van der Waals surface area contributed by atoms with Crippen LogP contribution in [0.3, 0.4) is 0 Å². The lowest BCUT2D eigenvalue weighted by atomic mass is 9.80. The third-order valence-electron chi connectivity index (χ3n) is 6.08. The number of nitrogens with zero attached hydrogens (tertiary/aromatic N) is 1. The number of hydrogen-bond donors (Lipinski definition) is 1. The van der Waals surface area contributed by atoms with E-state index in [1.165, 1.54) is 70.9 Å². The van der Waals surface area contributed by atoms with E-state index >= 15 is 0 Å². The van der Waals surface area contributed by atoms with Crippen LogP contribution >= 0.6 is 0 Å². The molecule has 1 aliphatic carbocycles. The first-order valence-electron chi connectivity index (χ1n) is 8.51. The molecule has 0 atom stereocenters. The summed E-state index contributed by atoms with van der Waals surface area (Å²) in [5.41, 5.74) is 0.787. The van der Waals surface area contributed by atoms with E-state index < -0.39 is 0 Å². The Bertz CT molecular complexity index is 264. The second-order valence-electron chi connectivity index (χ2n) is 7.24. The lowest BCUT2D eigenvalue weighted by Crippen LogP contribution is -2.40. The maximum absolute atomic E-state index is 9.94. The van der Waals surface area contributed by atoms with Gasteiger partial charge in [-0.25, -0.2) is 0 Å². The number of aliphatic hydroxyl groups excluding tert-OH is 1. The Kier molecular flexibility index (Phi) is 5.30. The minimum absolute atomic E-state index is 0.216. The van der Waals surface area contributed by atoms with Gasteiger partial charge in [-0.2, -0.15) is 0 Å². The molecule has 0 aromatic rings. The van der Waals surface area contributed by atoms with Gasteiger partial charge in [0.1, 0.15) is 0 Å². The molecule has 0 aromatic carbocycles. The van der Waals surface area contributed by atoms with Gasteiger partial charge in [0, 0.05) is 25.1 Å². The molecule has 2 fully saturated rings. The third kappa shape index (κ3) is 3.52. The Morgan fingerprint density at radius 2 is 1.53 bits per heavy atom. The topological polar surface area (TPSA) is 23.5 Å². The molecule has 19 heavy (non-hydrogen) atoms. The van der Waals surface area contributed by atoms with Gasteiger partial charge in [-0.15, -0.1) is 0 Å². The van der Waals surface area contributed by atoms with Crippen molar-refractivity contribution in [2.75, 3.05) is 26.2 Å². The maximum atomic E-state index is 9.94. The largest absolute Gasteiger partial charge is 0.396 e. The van der Waals surface area contributed by atoms with Crippen molar-refractivity contribution in [1.29, 1.82) is 0 Å². The van der Waals surface area contributed by atoms with Gasteiger partial charge in [-0.05, 0) is 44.1 Å². The number of aliphatic hydroxyl groups is 1. The lowest BCUT2D eigenvalue weighted by molar-refractivity contribution is 0.0629. The minimum atomic E-state index is 0.216. The molecule has 2 nitrogen and oxygen atoms in total. The summed E-state index contributed by atoms with van der Waals surface area (Å²) in [5, 5.41) is 9.94. The van der Waals surface area contributed by atoms with E-state index in [9.17, 15) is 5.11 Å². The first-order chi connectivity index (χ1) is 9.17. The van der Waals surface area contributed by atoms with Crippen LogP contribution in [0.15, 0.2) is 0 Å². The molecule has 0 bridgehead atoms. The molecule has 0 amide bonds. The molecule has 0 aromatic heterocycles. The summed E-state index contributed by atoms with van der Waals surface area (Å²) >= 11 is 0. The summed E-state index contributed by atoms with van der Waals surface area (Å²) in [4.78, 5) is 2.66. The van der Waals surface area contributed by atoms with Crippen molar-refractivity contribution in [3.05, 3.63) is 0 Å². The summed E-state index contributed by atoms with van der Waals surface area (Å²) in [5.74, 6) is 0. The number of hydrogen-bond acceptors (Lipinski definition) is 2. The summed E-state index contributed by atoms with van der Waals surface area (Å²) in [7, 11) is 0. The van der Waals surface area contributed by atoms with Crippen molar-refractivity contribution >= 4 is 0 Å². The second kappa shape index (κ2) is 6.58. The molecular weight excluding hydrogens is 234 g/mol. The van der Waals surface area contributed by atoms with Gasteiger partial charge in [-0.1, -0.05) is 39.5 Å². The second-order valence-corrected chi connectivity index (χ2v) is 7.24. The summed E-state index contributed by atoms with van der Waals surface area (Å²) in [6.45, 7) is 8.76. The minimum Gasteiger partial charge on any atom is -0.396 e. The van der Waals surface area contributed by atoms with Crippen LogP contribution in [-0.4, -0.2) is 36.2 Å². The predicted octanol–water partition coefficient (Wildman–Crippen LogP) is 3.83. The molecule has 1 heterocycles. The number of likely N-dealkylation sites (tertiary alicyclic amines) is 1. The van der Waals surface area contributed by atoms with Crippen LogP contribution in [-0.2, 0) is 0 Å². The van der Waals surface area contributed by atoms with Gasteiger partial charge in [0.15, 0.2) is 0 Å². The number of rotatable bonds is 5. The highest BCUT2D eigenvalue weighted by atomic mass is 16.3. The van der Waals surface area contributed by atoms with Crippen LogP contribution in [0, 0.1) is 10.8 Å². The standard InChI is InChI=1S/C17H33NO/c1-3-16(4-2)11-12-18(13-16)14-17(15-19)9-7-5-6-8-10-17/h19H,3-15H2,1-2H3. The lowest BCUT2D eigenvalue weighted by Gasteiger charge is -2.36. The molecule has 2 aliphatic rings. The fourth-order valence-corrected chi connectivity index (χ4v) is 4.31. The molecule has 2 heteroatoms. The molecule has 2 rings (SSSR count). The monoisotopic (exact) mass is 267 g/mol. The highest BCUT2D eigenvalue weighted by Gasteiger charge is 2.39. The zero-order valence-electron chi connectivity index (χ0n) is 13.1. The molecule has 1 saturated carbocycles. The molecule has 1 N–H and O–H groups in total. The fraction of sp³-hybridized carbons (Fsp3) is 1.00. The molecule has 1 aliphatic heterocycles. The van der Waals surface area contributed by atoms with Crippen molar-refractivity contribution in [3.63, 3.8) is 0 Å². The van der Waals surface area contributed by atoms with E-state index in [1.807, 2.05) is 0 Å². The molecule has 112 valence electrons. The SMILES string of the molecule is CCC1(CC)CCN(CC2(CO)CCCCCC2)C1. The molecule has 0 unspecified atom stereocenters. The Morgan fingerprint density at radius 1 is 0.895 bits per heavy atom. The van der Waals surface area contributed by atoms with E-state index in [0.29, 0.717) is 12.0 Å². The Hall–Kier alpha value is -0.0800. The molecular formula is C17H33NO. The molecule has 0 radical (unpaired) electrons. The zero-order valence-corrected chi connectivity index (χ0v) is 13.1. The van der Waals surface area contributed by atoms with Crippen molar-refractivity contribution in [2.45, 2.75) is 71.6 Å². The van der Waals surface area contributed by atoms with Gasteiger partial charge in [-0.3, -0.25) is 0 Å². The highest BCUT2D eigenvalue weighted by Crippen LogP contribution is 2.41. The van der Waals surface area contributed by atoms with E-state index in [4.69, 9.17) is 0 Å². The van der Waals surface area contributed by atoms with Gasteiger partial charge in [0.2, 0.25) is 0 Å². The van der Waals surface area contributed by atoms with E-state index in [-0.39, 0.29) is 5.41 Å². The van der Waals surface area contributed by atoms with Crippen LogP contribution in [0.5, 0.6) is 0 Å². The predicted molar refractivity (Wildman–Crippen MR) is 81.3 cm³/mol. The fourth-order valence-electron chi connectivity index (χ4n) is 4.31. The highest BCUT2D eigenvalue weighted by molar-refractivity contribution is 4.92. The maximum Gasteiger partial charge on any atom is 0.0499 e. The van der Waals surface area contributed by atoms with Crippen LogP contribution < -0.4 is 0 Å². The Balaban J connectivity index is 1.95. The van der Waals surface area contributed by atoms with Crippen LogP contribution in [0.2, 0.25) is 0 Å². The van der Waals surface area contributed by atoms with Crippen LogP contribution in [0.1, 0.15) is 71.6 Å². The summed E-state index contributed by atoms with van der Waals surface area (Å²) in [6, 6.07) is 0. The van der Waals surface area contributed by atoms with Crippen molar-refractivity contribution < 1.29 is 5.11 Å². The van der Waals surface area contributed by atoms with E-state index in [1.54, 1.807) is 0 Å². The zero-order chi connectivity index (χ0) is 13.8. The van der Waals surface area contributed by atoms with E-state index in [0.717, 1.165) is 6.54 Å².